The maximum atomic E-state index is 12.9. The number of halogens is 2. The van der Waals surface area contributed by atoms with Crippen molar-refractivity contribution in [3.63, 3.8) is 0 Å². The zero-order valence-electron chi connectivity index (χ0n) is 14.6. The molecule has 0 aliphatic carbocycles. The van der Waals surface area contributed by atoms with Gasteiger partial charge in [0.15, 0.2) is 5.96 Å². The van der Waals surface area contributed by atoms with Crippen LogP contribution in [-0.4, -0.2) is 33.2 Å². The molecule has 2 aromatic rings. The van der Waals surface area contributed by atoms with Crippen molar-refractivity contribution in [2.45, 2.75) is 12.8 Å². The Kier molecular flexibility index (Phi) is 9.91. The highest BCUT2D eigenvalue weighted by molar-refractivity contribution is 14.0. The molecule has 2 aromatic carbocycles. The quantitative estimate of drug-likeness (QED) is 0.381. The molecule has 0 aliphatic heterocycles. The van der Waals surface area contributed by atoms with E-state index in [1.807, 2.05) is 18.2 Å². The maximum Gasteiger partial charge on any atom is 0.190 e. The van der Waals surface area contributed by atoms with Crippen LogP contribution in [0.3, 0.4) is 0 Å². The Morgan fingerprint density at radius 1 is 1.00 bits per heavy atom. The first-order valence-electron chi connectivity index (χ1n) is 8.04. The third-order valence-electron chi connectivity index (χ3n) is 3.72. The molecule has 0 unspecified atom stereocenters. The van der Waals surface area contributed by atoms with Crippen LogP contribution in [0.2, 0.25) is 0 Å². The highest BCUT2D eigenvalue weighted by Crippen LogP contribution is 2.17. The summed E-state index contributed by atoms with van der Waals surface area (Å²) in [7, 11) is 3.43. The summed E-state index contributed by atoms with van der Waals surface area (Å²) in [5.41, 5.74) is 2.25. The zero-order valence-corrected chi connectivity index (χ0v) is 16.9. The van der Waals surface area contributed by atoms with Crippen molar-refractivity contribution in [3.05, 3.63) is 65.5 Å². The van der Waals surface area contributed by atoms with E-state index < -0.39 is 0 Å². The van der Waals surface area contributed by atoms with Crippen LogP contribution < -0.4 is 15.4 Å². The predicted octanol–water partition coefficient (Wildman–Crippen LogP) is 3.40. The van der Waals surface area contributed by atoms with Gasteiger partial charge in [0.2, 0.25) is 0 Å². The maximum absolute atomic E-state index is 12.9. The summed E-state index contributed by atoms with van der Waals surface area (Å²) in [4.78, 5) is 4.21. The van der Waals surface area contributed by atoms with Crippen molar-refractivity contribution in [2.24, 2.45) is 4.99 Å². The number of para-hydroxylation sites is 1. The Balaban J connectivity index is 0.00000312. The summed E-state index contributed by atoms with van der Waals surface area (Å²) in [6.07, 6.45) is 1.66. The molecule has 6 heteroatoms. The minimum atomic E-state index is -0.208. The number of ether oxygens (including phenoxy) is 1. The van der Waals surface area contributed by atoms with Crippen LogP contribution in [0, 0.1) is 5.82 Å². The summed E-state index contributed by atoms with van der Waals surface area (Å²) in [6, 6.07) is 14.6. The fourth-order valence-electron chi connectivity index (χ4n) is 2.42. The van der Waals surface area contributed by atoms with Crippen molar-refractivity contribution in [1.29, 1.82) is 0 Å². The molecular weight excluding hydrogens is 432 g/mol. The number of methoxy groups -OCH3 is 1. The summed E-state index contributed by atoms with van der Waals surface area (Å²) in [5.74, 6) is 1.45. The van der Waals surface area contributed by atoms with Gasteiger partial charge in [-0.15, -0.1) is 24.0 Å². The Bertz CT molecular complexity index is 662. The van der Waals surface area contributed by atoms with Gasteiger partial charge in [-0.1, -0.05) is 30.3 Å². The topological polar surface area (TPSA) is 45.7 Å². The van der Waals surface area contributed by atoms with Gasteiger partial charge in [0.25, 0.3) is 0 Å². The van der Waals surface area contributed by atoms with Crippen molar-refractivity contribution in [2.75, 3.05) is 27.2 Å². The molecular formula is C19H25FIN3O. The number of rotatable bonds is 7. The van der Waals surface area contributed by atoms with Crippen molar-refractivity contribution >= 4 is 29.9 Å². The molecule has 0 aromatic heterocycles. The average Bonchev–Trinajstić information content (AvgIpc) is 2.62. The summed E-state index contributed by atoms with van der Waals surface area (Å²) < 4.78 is 18.2. The first-order chi connectivity index (χ1) is 11.7. The molecule has 0 atom stereocenters. The van der Waals surface area contributed by atoms with E-state index in [1.165, 1.54) is 12.1 Å². The van der Waals surface area contributed by atoms with E-state index in [9.17, 15) is 4.39 Å². The van der Waals surface area contributed by atoms with E-state index in [1.54, 1.807) is 26.3 Å². The molecule has 0 heterocycles. The van der Waals surface area contributed by atoms with Crippen LogP contribution in [0.15, 0.2) is 53.5 Å². The second kappa shape index (κ2) is 11.7. The molecule has 0 spiro atoms. The molecule has 0 fully saturated rings. The molecule has 0 saturated carbocycles. The van der Waals surface area contributed by atoms with Crippen molar-refractivity contribution in [3.8, 4) is 5.75 Å². The van der Waals surface area contributed by atoms with Gasteiger partial charge in [-0.2, -0.15) is 0 Å². The molecule has 25 heavy (non-hydrogen) atoms. The smallest absolute Gasteiger partial charge is 0.190 e. The number of guanidine groups is 1. The van der Waals surface area contributed by atoms with Crippen LogP contribution >= 0.6 is 24.0 Å². The average molecular weight is 457 g/mol. The monoisotopic (exact) mass is 457 g/mol. The van der Waals surface area contributed by atoms with Gasteiger partial charge in [-0.05, 0) is 42.2 Å². The van der Waals surface area contributed by atoms with Crippen LogP contribution in [0.4, 0.5) is 4.39 Å². The summed E-state index contributed by atoms with van der Waals surface area (Å²) in [5, 5.41) is 6.55. The lowest BCUT2D eigenvalue weighted by atomic mass is 10.1. The second-order valence-electron chi connectivity index (χ2n) is 5.36. The second-order valence-corrected chi connectivity index (χ2v) is 5.36. The Hall–Kier alpha value is -1.83. The Morgan fingerprint density at radius 3 is 2.28 bits per heavy atom. The van der Waals surface area contributed by atoms with Gasteiger partial charge in [-0.3, -0.25) is 4.99 Å². The van der Waals surface area contributed by atoms with E-state index in [-0.39, 0.29) is 29.8 Å². The van der Waals surface area contributed by atoms with E-state index in [0.29, 0.717) is 0 Å². The fourth-order valence-corrected chi connectivity index (χ4v) is 2.42. The summed E-state index contributed by atoms with van der Waals surface area (Å²) in [6.45, 7) is 1.50. The van der Waals surface area contributed by atoms with Gasteiger partial charge in [0, 0.05) is 20.1 Å². The number of benzene rings is 2. The lowest BCUT2D eigenvalue weighted by Gasteiger charge is -2.13. The number of hydrogen-bond acceptors (Lipinski definition) is 2. The summed E-state index contributed by atoms with van der Waals surface area (Å²) >= 11 is 0. The molecule has 0 aliphatic rings. The number of aliphatic imine (C=N–C) groups is 1. The van der Waals surface area contributed by atoms with E-state index in [0.717, 1.165) is 48.8 Å². The van der Waals surface area contributed by atoms with Gasteiger partial charge in [0.1, 0.15) is 11.6 Å². The lowest BCUT2D eigenvalue weighted by Crippen LogP contribution is -2.39. The first kappa shape index (κ1) is 21.2. The van der Waals surface area contributed by atoms with E-state index in [4.69, 9.17) is 4.74 Å². The Labute approximate surface area is 165 Å². The number of nitrogens with zero attached hydrogens (tertiary/aromatic N) is 1. The minimum absolute atomic E-state index is 0. The third-order valence-corrected chi connectivity index (χ3v) is 3.72. The highest BCUT2D eigenvalue weighted by atomic mass is 127. The standard InChI is InChI=1S/C19H24FN3O.HI/c1-21-19(22-13-11-15-7-9-17(20)10-8-15)23-14-12-16-5-3-4-6-18(16)24-2;/h3-10H,11-14H2,1-2H3,(H2,21,22,23);1H. The molecule has 0 radical (unpaired) electrons. The van der Waals surface area contributed by atoms with Crippen molar-refractivity contribution in [1.82, 2.24) is 10.6 Å². The SMILES string of the molecule is CN=C(NCCc1ccc(F)cc1)NCCc1ccccc1OC.I. The van der Waals surface area contributed by atoms with Crippen LogP contribution in [0.1, 0.15) is 11.1 Å². The molecule has 136 valence electrons. The molecule has 0 amide bonds. The molecule has 0 saturated heterocycles. The van der Waals surface area contributed by atoms with Crippen LogP contribution in [-0.2, 0) is 12.8 Å². The molecule has 0 bridgehead atoms. The number of nitrogens with one attached hydrogen (secondary N) is 2. The normalized spacial score (nSPS) is 10.8. The predicted molar refractivity (Wildman–Crippen MR) is 112 cm³/mol. The first-order valence-corrected chi connectivity index (χ1v) is 8.04. The van der Waals surface area contributed by atoms with Gasteiger partial charge >= 0.3 is 0 Å². The zero-order chi connectivity index (χ0) is 17.2. The Morgan fingerprint density at radius 2 is 1.64 bits per heavy atom. The van der Waals surface area contributed by atoms with Gasteiger partial charge in [-0.25, -0.2) is 4.39 Å². The van der Waals surface area contributed by atoms with Gasteiger partial charge < -0.3 is 15.4 Å². The fraction of sp³-hybridized carbons (Fsp3) is 0.316. The molecule has 2 rings (SSSR count). The van der Waals surface area contributed by atoms with E-state index >= 15 is 0 Å². The van der Waals surface area contributed by atoms with Crippen LogP contribution in [0.5, 0.6) is 5.75 Å². The molecule has 4 nitrogen and oxygen atoms in total. The number of hydrogen-bond donors (Lipinski definition) is 2. The minimum Gasteiger partial charge on any atom is -0.496 e. The van der Waals surface area contributed by atoms with E-state index in [2.05, 4.69) is 21.7 Å². The largest absolute Gasteiger partial charge is 0.496 e. The third kappa shape index (κ3) is 7.29. The molecule has 2 N–H and O–H groups in total. The van der Waals surface area contributed by atoms with Crippen molar-refractivity contribution < 1.29 is 9.13 Å². The van der Waals surface area contributed by atoms with Crippen LogP contribution in [0.25, 0.3) is 0 Å². The highest BCUT2D eigenvalue weighted by Gasteiger charge is 2.02. The van der Waals surface area contributed by atoms with Gasteiger partial charge in [0.05, 0.1) is 7.11 Å². The lowest BCUT2D eigenvalue weighted by molar-refractivity contribution is 0.409.